The molecule has 0 aliphatic rings. The molecule has 0 atom stereocenters. The van der Waals surface area contributed by atoms with Crippen LogP contribution in [0.1, 0.15) is 11.1 Å². The summed E-state index contributed by atoms with van der Waals surface area (Å²) in [6.45, 7) is 1.31. The van der Waals surface area contributed by atoms with Crippen LogP contribution in [-0.4, -0.2) is 19.7 Å². The Balaban J connectivity index is 1.28. The van der Waals surface area contributed by atoms with Crippen LogP contribution in [0.3, 0.4) is 0 Å². The van der Waals surface area contributed by atoms with Gasteiger partial charge in [0.05, 0.1) is 19.2 Å². The van der Waals surface area contributed by atoms with Gasteiger partial charge in [-0.3, -0.25) is 4.99 Å². The molecule has 0 spiro atoms. The molecule has 1 heterocycles. The molecule has 0 bridgehead atoms. The maximum Gasteiger partial charge on any atom is 0.252 e. The number of ether oxygens (including phenoxy) is 2. The lowest BCUT2D eigenvalue weighted by Crippen LogP contribution is -2.34. The molecule has 3 aromatic carbocycles. The first kappa shape index (κ1) is 24.0. The highest BCUT2D eigenvalue weighted by atomic mass is 16.5. The third-order valence-electron chi connectivity index (χ3n) is 5.45. The summed E-state index contributed by atoms with van der Waals surface area (Å²) in [4.78, 5) is 4.09. The van der Waals surface area contributed by atoms with Gasteiger partial charge >= 0.3 is 0 Å². The topological polar surface area (TPSA) is 69.8 Å². The average molecular weight is 468 g/mol. The summed E-state index contributed by atoms with van der Waals surface area (Å²) in [7, 11) is 1.64. The molecule has 35 heavy (non-hydrogen) atoms. The van der Waals surface area contributed by atoms with Gasteiger partial charge in [0.1, 0.15) is 5.75 Å². The maximum atomic E-state index is 12.2. The zero-order valence-electron chi connectivity index (χ0n) is 19.8. The summed E-state index contributed by atoms with van der Waals surface area (Å²) in [5.41, 5.74) is 5.27. The van der Waals surface area contributed by atoms with E-state index in [4.69, 9.17) is 9.47 Å². The van der Waals surface area contributed by atoms with Crippen molar-refractivity contribution in [3.8, 4) is 16.9 Å². The number of nitrogens with one attached hydrogen (secondary N) is 1. The smallest absolute Gasteiger partial charge is 0.252 e. The standard InChI is InChI=1S/C29H29N3O3/c1-34-22-32-18-7-8-23(21-32)20-30-29(33)31-26-13-15-27(16-14-26)35-19-17-25-11-5-6-12-28(25)24-9-3-2-4-10-24/h2-16,18,21H,17,19-20,22H2,1H3,(H-,30,31,33). The maximum absolute atomic E-state index is 12.2. The molecule has 0 saturated carbocycles. The van der Waals surface area contributed by atoms with E-state index >= 15 is 0 Å². The molecule has 1 aromatic heterocycles. The summed E-state index contributed by atoms with van der Waals surface area (Å²) >= 11 is 0. The van der Waals surface area contributed by atoms with E-state index in [0.29, 0.717) is 25.6 Å². The van der Waals surface area contributed by atoms with Gasteiger partial charge in [0.2, 0.25) is 0 Å². The minimum Gasteiger partial charge on any atom is -0.846 e. The molecule has 0 aliphatic carbocycles. The molecule has 6 heteroatoms. The summed E-state index contributed by atoms with van der Waals surface area (Å²) in [5.74, 6) is 0.754. The minimum atomic E-state index is -0.390. The van der Waals surface area contributed by atoms with Crippen molar-refractivity contribution in [3.63, 3.8) is 0 Å². The third kappa shape index (κ3) is 7.16. The molecule has 0 aliphatic heterocycles. The lowest BCUT2D eigenvalue weighted by atomic mass is 9.98. The SMILES string of the molecule is COC[n+]1cccc(CN=C([O-])Nc2ccc(OCCc3ccccc3-c3ccccc3)cc2)c1. The molecule has 1 N–H and O–H groups in total. The average Bonchev–Trinajstić information content (AvgIpc) is 2.90. The van der Waals surface area contributed by atoms with Gasteiger partial charge in [-0.05, 0) is 47.0 Å². The number of aliphatic imine (C=N–C) groups is 1. The molecule has 4 aromatic rings. The molecule has 0 amide bonds. The van der Waals surface area contributed by atoms with Crippen molar-refractivity contribution >= 4 is 11.7 Å². The summed E-state index contributed by atoms with van der Waals surface area (Å²) in [6.07, 6.45) is 4.61. The largest absolute Gasteiger partial charge is 0.846 e. The van der Waals surface area contributed by atoms with Gasteiger partial charge in [-0.15, -0.1) is 0 Å². The molecule has 0 saturated heterocycles. The van der Waals surface area contributed by atoms with Crippen molar-refractivity contribution < 1.29 is 19.1 Å². The molecule has 6 nitrogen and oxygen atoms in total. The van der Waals surface area contributed by atoms with Crippen LogP contribution >= 0.6 is 0 Å². The number of pyridine rings is 1. The van der Waals surface area contributed by atoms with Crippen molar-refractivity contribution in [3.05, 3.63) is 115 Å². The molecular formula is C29H29N3O3. The van der Waals surface area contributed by atoms with Gasteiger partial charge in [0.25, 0.3) is 6.73 Å². The fourth-order valence-corrected chi connectivity index (χ4v) is 3.78. The van der Waals surface area contributed by atoms with Crippen molar-refractivity contribution in [1.29, 1.82) is 0 Å². The number of hydrogen-bond acceptors (Lipinski definition) is 4. The van der Waals surface area contributed by atoms with Crippen LogP contribution in [0.25, 0.3) is 11.1 Å². The van der Waals surface area contributed by atoms with E-state index in [0.717, 1.165) is 17.7 Å². The highest BCUT2D eigenvalue weighted by molar-refractivity contribution is 5.85. The van der Waals surface area contributed by atoms with Crippen LogP contribution in [0.15, 0.2) is 108 Å². The van der Waals surface area contributed by atoms with Crippen LogP contribution in [0.5, 0.6) is 5.75 Å². The Morgan fingerprint density at radius 2 is 1.69 bits per heavy atom. The number of amidine groups is 1. The van der Waals surface area contributed by atoms with Gasteiger partial charge in [-0.25, -0.2) is 0 Å². The van der Waals surface area contributed by atoms with E-state index < -0.39 is 6.02 Å². The summed E-state index contributed by atoms with van der Waals surface area (Å²) < 4.78 is 12.9. The Morgan fingerprint density at radius 1 is 0.914 bits per heavy atom. The fourth-order valence-electron chi connectivity index (χ4n) is 3.78. The Labute approximate surface area is 206 Å². The number of nitrogens with zero attached hydrogens (tertiary/aromatic N) is 2. The number of hydrogen-bond donors (Lipinski definition) is 1. The van der Waals surface area contributed by atoms with E-state index in [1.807, 2.05) is 59.4 Å². The monoisotopic (exact) mass is 467 g/mol. The first-order valence-corrected chi connectivity index (χ1v) is 11.5. The van der Waals surface area contributed by atoms with Gasteiger partial charge in [0.15, 0.2) is 12.4 Å². The molecule has 0 unspecified atom stereocenters. The molecular weight excluding hydrogens is 438 g/mol. The first-order chi connectivity index (χ1) is 17.2. The van der Waals surface area contributed by atoms with Gasteiger partial charge in [-0.1, -0.05) is 54.6 Å². The van der Waals surface area contributed by atoms with Crippen LogP contribution in [0, 0.1) is 0 Å². The van der Waals surface area contributed by atoms with Crippen LogP contribution in [0.4, 0.5) is 5.69 Å². The Morgan fingerprint density at radius 3 is 2.49 bits per heavy atom. The van der Waals surface area contributed by atoms with Crippen molar-refractivity contribution in [2.45, 2.75) is 19.7 Å². The quantitative estimate of drug-likeness (QED) is 0.216. The third-order valence-corrected chi connectivity index (χ3v) is 5.45. The van der Waals surface area contributed by atoms with Crippen molar-refractivity contribution in [2.24, 2.45) is 4.99 Å². The Bertz CT molecular complexity index is 1240. The Kier molecular flexibility index (Phi) is 8.46. The number of benzene rings is 3. The van der Waals surface area contributed by atoms with Crippen molar-refractivity contribution in [2.75, 3.05) is 19.0 Å². The van der Waals surface area contributed by atoms with Crippen molar-refractivity contribution in [1.82, 2.24) is 0 Å². The predicted molar refractivity (Wildman–Crippen MR) is 136 cm³/mol. The van der Waals surface area contributed by atoms with Crippen LogP contribution in [0.2, 0.25) is 0 Å². The second-order valence-corrected chi connectivity index (χ2v) is 8.04. The van der Waals surface area contributed by atoms with Gasteiger partial charge < -0.3 is 19.9 Å². The normalized spacial score (nSPS) is 11.3. The highest BCUT2D eigenvalue weighted by Gasteiger charge is 2.05. The number of anilines is 1. The lowest BCUT2D eigenvalue weighted by Gasteiger charge is -2.14. The zero-order valence-corrected chi connectivity index (χ0v) is 19.8. The molecule has 0 radical (unpaired) electrons. The second kappa shape index (κ2) is 12.3. The first-order valence-electron chi connectivity index (χ1n) is 11.5. The van der Waals surface area contributed by atoms with Gasteiger partial charge in [0, 0.05) is 30.8 Å². The van der Waals surface area contributed by atoms with E-state index in [1.165, 1.54) is 16.7 Å². The second-order valence-electron chi connectivity index (χ2n) is 8.04. The lowest BCUT2D eigenvalue weighted by molar-refractivity contribution is -0.731. The summed E-state index contributed by atoms with van der Waals surface area (Å²) in [6, 6.07) is 29.5. The van der Waals surface area contributed by atoms with Crippen LogP contribution < -0.4 is 19.7 Å². The fraction of sp³-hybridized carbons (Fsp3) is 0.172. The zero-order chi connectivity index (χ0) is 24.3. The number of aromatic nitrogens is 1. The van der Waals surface area contributed by atoms with Crippen LogP contribution in [-0.2, 0) is 24.4 Å². The van der Waals surface area contributed by atoms with E-state index in [1.54, 1.807) is 7.11 Å². The Hall–Kier alpha value is -4.16. The van der Waals surface area contributed by atoms with E-state index in [-0.39, 0.29) is 0 Å². The van der Waals surface area contributed by atoms with E-state index in [9.17, 15) is 5.11 Å². The van der Waals surface area contributed by atoms with E-state index in [2.05, 4.69) is 58.8 Å². The molecule has 178 valence electrons. The highest BCUT2D eigenvalue weighted by Crippen LogP contribution is 2.24. The summed E-state index contributed by atoms with van der Waals surface area (Å²) in [5, 5.41) is 15.0. The van der Waals surface area contributed by atoms with Gasteiger partial charge in [-0.2, -0.15) is 4.57 Å². The minimum absolute atomic E-state index is 0.294. The molecule has 4 rings (SSSR count). The predicted octanol–water partition coefficient (Wildman–Crippen LogP) is 4.19. The number of rotatable bonds is 10. The number of methoxy groups -OCH3 is 1. The molecule has 0 fully saturated rings.